The minimum atomic E-state index is -0.903. The van der Waals surface area contributed by atoms with E-state index in [1.165, 1.54) is 0 Å². The van der Waals surface area contributed by atoms with E-state index in [0.29, 0.717) is 16.9 Å². The highest BCUT2D eigenvalue weighted by atomic mass is 16.5. The van der Waals surface area contributed by atoms with Crippen molar-refractivity contribution in [2.75, 3.05) is 0 Å². The minimum absolute atomic E-state index is 0.0724. The predicted molar refractivity (Wildman–Crippen MR) is 77.1 cm³/mol. The van der Waals surface area contributed by atoms with Gasteiger partial charge in [-0.3, -0.25) is 9.59 Å². The minimum Gasteiger partial charge on any atom is -0.488 e. The van der Waals surface area contributed by atoms with Gasteiger partial charge in [0, 0.05) is 0 Å². The van der Waals surface area contributed by atoms with Gasteiger partial charge in [0.15, 0.2) is 0 Å². The van der Waals surface area contributed by atoms with Crippen molar-refractivity contribution in [1.82, 2.24) is 0 Å². The number of carboxylic acids is 1. The lowest BCUT2D eigenvalue weighted by Crippen LogP contribution is -2.13. The second-order valence-electron chi connectivity index (χ2n) is 4.49. The third-order valence-electron chi connectivity index (χ3n) is 3.00. The molecule has 2 aromatic carbocycles. The average Bonchev–Trinajstić information content (AvgIpc) is 2.46. The lowest BCUT2D eigenvalue weighted by Gasteiger charge is -2.12. The van der Waals surface area contributed by atoms with E-state index in [-0.39, 0.29) is 13.0 Å². The first kappa shape index (κ1) is 14.6. The maximum Gasteiger partial charge on any atom is 0.307 e. The molecule has 3 N–H and O–H groups in total. The molecule has 0 heterocycles. The normalized spacial score (nSPS) is 10.1. The van der Waals surface area contributed by atoms with Crippen molar-refractivity contribution in [3.05, 3.63) is 65.2 Å². The van der Waals surface area contributed by atoms with Crippen LogP contribution in [0.1, 0.15) is 21.5 Å². The standard InChI is InChI=1S/C16H15NO4/c17-16(20)13-7-3-4-8-14(13)21-10-12-6-2-1-5-11(12)9-15(18)19/h1-8H,9-10H2,(H2,17,20)(H,18,19). The number of primary amides is 1. The van der Waals surface area contributed by atoms with Crippen LogP contribution in [-0.2, 0) is 17.8 Å². The van der Waals surface area contributed by atoms with Gasteiger partial charge in [0.1, 0.15) is 12.4 Å². The topological polar surface area (TPSA) is 89.6 Å². The molecule has 0 saturated carbocycles. The number of para-hydroxylation sites is 1. The van der Waals surface area contributed by atoms with Crippen LogP contribution in [-0.4, -0.2) is 17.0 Å². The number of hydrogen-bond acceptors (Lipinski definition) is 3. The molecule has 0 aromatic heterocycles. The Morgan fingerprint density at radius 3 is 2.29 bits per heavy atom. The molecule has 0 radical (unpaired) electrons. The number of carboxylic acid groups (broad SMARTS) is 1. The van der Waals surface area contributed by atoms with E-state index in [1.807, 2.05) is 6.07 Å². The van der Waals surface area contributed by atoms with Gasteiger partial charge in [0.05, 0.1) is 12.0 Å². The zero-order chi connectivity index (χ0) is 15.2. The van der Waals surface area contributed by atoms with Gasteiger partial charge in [-0.05, 0) is 23.3 Å². The molecule has 21 heavy (non-hydrogen) atoms. The second kappa shape index (κ2) is 6.56. The molecule has 108 valence electrons. The molecule has 2 rings (SSSR count). The fourth-order valence-corrected chi connectivity index (χ4v) is 1.99. The summed E-state index contributed by atoms with van der Waals surface area (Å²) >= 11 is 0. The van der Waals surface area contributed by atoms with Crippen molar-refractivity contribution in [2.45, 2.75) is 13.0 Å². The lowest BCUT2D eigenvalue weighted by molar-refractivity contribution is -0.136. The van der Waals surface area contributed by atoms with Crippen LogP contribution >= 0.6 is 0 Å². The van der Waals surface area contributed by atoms with Crippen molar-refractivity contribution in [2.24, 2.45) is 5.73 Å². The van der Waals surface area contributed by atoms with Gasteiger partial charge < -0.3 is 15.6 Å². The van der Waals surface area contributed by atoms with Gasteiger partial charge in [-0.15, -0.1) is 0 Å². The molecule has 0 aliphatic carbocycles. The van der Waals surface area contributed by atoms with Crippen LogP contribution in [0.4, 0.5) is 0 Å². The van der Waals surface area contributed by atoms with Crippen molar-refractivity contribution in [3.63, 3.8) is 0 Å². The van der Waals surface area contributed by atoms with Crippen LogP contribution in [0.25, 0.3) is 0 Å². The Labute approximate surface area is 122 Å². The van der Waals surface area contributed by atoms with Gasteiger partial charge in [-0.2, -0.15) is 0 Å². The SMILES string of the molecule is NC(=O)c1ccccc1OCc1ccccc1CC(=O)O. The summed E-state index contributed by atoms with van der Waals surface area (Å²) in [5, 5.41) is 8.89. The molecule has 0 bridgehead atoms. The third kappa shape index (κ3) is 3.82. The summed E-state index contributed by atoms with van der Waals surface area (Å²) in [5.41, 5.74) is 7.03. The van der Waals surface area contributed by atoms with E-state index < -0.39 is 11.9 Å². The molecule has 0 unspecified atom stereocenters. The summed E-state index contributed by atoms with van der Waals surface area (Å²) in [7, 11) is 0. The molecular weight excluding hydrogens is 270 g/mol. The molecule has 0 atom stereocenters. The summed E-state index contributed by atoms with van der Waals surface area (Å²) in [6.07, 6.45) is -0.0724. The fraction of sp³-hybridized carbons (Fsp3) is 0.125. The number of rotatable bonds is 6. The maximum absolute atomic E-state index is 11.3. The second-order valence-corrected chi connectivity index (χ2v) is 4.49. The smallest absolute Gasteiger partial charge is 0.307 e. The fourth-order valence-electron chi connectivity index (χ4n) is 1.99. The van der Waals surface area contributed by atoms with Gasteiger partial charge in [0.2, 0.25) is 0 Å². The Bertz CT molecular complexity index is 667. The van der Waals surface area contributed by atoms with Crippen molar-refractivity contribution in [3.8, 4) is 5.75 Å². The summed E-state index contributed by atoms with van der Waals surface area (Å²) in [6.45, 7) is 0.174. The van der Waals surface area contributed by atoms with E-state index in [2.05, 4.69) is 0 Å². The molecule has 0 fully saturated rings. The van der Waals surface area contributed by atoms with Crippen LogP contribution in [0.5, 0.6) is 5.75 Å². The first-order valence-corrected chi connectivity index (χ1v) is 6.38. The summed E-state index contributed by atoms with van der Waals surface area (Å²) in [4.78, 5) is 22.1. The van der Waals surface area contributed by atoms with Crippen LogP contribution in [0.3, 0.4) is 0 Å². The first-order chi connectivity index (χ1) is 10.1. The third-order valence-corrected chi connectivity index (χ3v) is 3.00. The molecule has 0 aliphatic rings. The Hall–Kier alpha value is -2.82. The van der Waals surface area contributed by atoms with Gasteiger partial charge >= 0.3 is 5.97 Å². The monoisotopic (exact) mass is 285 g/mol. The average molecular weight is 285 g/mol. The van der Waals surface area contributed by atoms with Crippen LogP contribution in [0.2, 0.25) is 0 Å². The summed E-state index contributed by atoms with van der Waals surface area (Å²) in [6, 6.07) is 13.8. The molecule has 0 aliphatic heterocycles. The highest BCUT2D eigenvalue weighted by molar-refractivity contribution is 5.95. The summed E-state index contributed by atoms with van der Waals surface area (Å²) in [5.74, 6) is -1.08. The van der Waals surface area contributed by atoms with E-state index in [4.69, 9.17) is 15.6 Å². The molecule has 1 amide bonds. The Morgan fingerprint density at radius 1 is 1.00 bits per heavy atom. The number of hydrogen-bond donors (Lipinski definition) is 2. The lowest BCUT2D eigenvalue weighted by atomic mass is 10.1. The highest BCUT2D eigenvalue weighted by Gasteiger charge is 2.10. The number of ether oxygens (including phenoxy) is 1. The summed E-state index contributed by atoms with van der Waals surface area (Å²) < 4.78 is 5.61. The van der Waals surface area contributed by atoms with Crippen molar-refractivity contribution < 1.29 is 19.4 Å². The van der Waals surface area contributed by atoms with Crippen molar-refractivity contribution >= 4 is 11.9 Å². The highest BCUT2D eigenvalue weighted by Crippen LogP contribution is 2.20. The predicted octanol–water partition coefficient (Wildman–Crippen LogP) is 1.99. The Morgan fingerprint density at radius 2 is 1.62 bits per heavy atom. The van der Waals surface area contributed by atoms with Gasteiger partial charge in [0.25, 0.3) is 5.91 Å². The molecule has 5 nitrogen and oxygen atoms in total. The van der Waals surface area contributed by atoms with Crippen LogP contribution in [0.15, 0.2) is 48.5 Å². The van der Waals surface area contributed by atoms with E-state index in [9.17, 15) is 9.59 Å². The molecule has 2 aromatic rings. The molecule has 0 spiro atoms. The Kier molecular flexibility index (Phi) is 4.56. The number of amides is 1. The van der Waals surface area contributed by atoms with E-state index >= 15 is 0 Å². The number of benzene rings is 2. The largest absolute Gasteiger partial charge is 0.488 e. The maximum atomic E-state index is 11.3. The molecule has 5 heteroatoms. The van der Waals surface area contributed by atoms with Crippen LogP contribution < -0.4 is 10.5 Å². The quantitative estimate of drug-likeness (QED) is 0.849. The van der Waals surface area contributed by atoms with E-state index in [1.54, 1.807) is 42.5 Å². The number of aliphatic carboxylic acids is 1. The van der Waals surface area contributed by atoms with Gasteiger partial charge in [-0.1, -0.05) is 36.4 Å². The zero-order valence-electron chi connectivity index (χ0n) is 11.3. The number of nitrogens with two attached hydrogens (primary N) is 1. The number of carbonyl (C=O) groups is 2. The van der Waals surface area contributed by atoms with E-state index in [0.717, 1.165) is 5.56 Å². The zero-order valence-corrected chi connectivity index (χ0v) is 11.3. The first-order valence-electron chi connectivity index (χ1n) is 6.38. The van der Waals surface area contributed by atoms with Crippen LogP contribution in [0, 0.1) is 0 Å². The van der Waals surface area contributed by atoms with Gasteiger partial charge in [-0.25, -0.2) is 0 Å². The Balaban J connectivity index is 2.17. The number of carbonyl (C=O) groups excluding carboxylic acids is 1. The molecule has 0 saturated heterocycles. The molecular formula is C16H15NO4. The van der Waals surface area contributed by atoms with Crippen molar-refractivity contribution in [1.29, 1.82) is 0 Å².